The summed E-state index contributed by atoms with van der Waals surface area (Å²) < 4.78 is 12.7. The van der Waals surface area contributed by atoms with Gasteiger partial charge < -0.3 is 5.32 Å². The van der Waals surface area contributed by atoms with Crippen LogP contribution in [0.3, 0.4) is 0 Å². The van der Waals surface area contributed by atoms with E-state index < -0.39 is 10.8 Å². The Kier molecular flexibility index (Phi) is 4.65. The molecule has 1 heterocycles. The Morgan fingerprint density at radius 1 is 1.19 bits per heavy atom. The molecule has 0 saturated carbocycles. The van der Waals surface area contributed by atoms with Gasteiger partial charge in [-0.1, -0.05) is 60.6 Å². The summed E-state index contributed by atoms with van der Waals surface area (Å²) in [5, 5.41) is 3.87. The number of benzene rings is 1. The van der Waals surface area contributed by atoms with Crippen molar-refractivity contribution in [2.24, 2.45) is 5.92 Å². The molecule has 4 atom stereocenters. The average molecular weight is 308 g/mol. The molecule has 2 rings (SSSR count). The van der Waals surface area contributed by atoms with Gasteiger partial charge in [0.1, 0.15) is 0 Å². The van der Waals surface area contributed by atoms with Crippen LogP contribution in [0, 0.1) is 5.92 Å². The molecule has 4 unspecified atom stereocenters. The van der Waals surface area contributed by atoms with Crippen LogP contribution in [-0.2, 0) is 16.2 Å². The number of hydrogen-bond acceptors (Lipinski definition) is 2. The van der Waals surface area contributed by atoms with Crippen molar-refractivity contribution in [3.05, 3.63) is 29.3 Å². The highest BCUT2D eigenvalue weighted by atomic mass is 32.2. The lowest BCUT2D eigenvalue weighted by Gasteiger charge is -2.38. The summed E-state index contributed by atoms with van der Waals surface area (Å²) in [6.07, 6.45) is 0. The first-order chi connectivity index (χ1) is 9.62. The van der Waals surface area contributed by atoms with E-state index in [9.17, 15) is 4.21 Å². The lowest BCUT2D eigenvalue weighted by molar-refractivity contribution is 0.342. The molecule has 0 aromatic heterocycles. The molecule has 0 spiro atoms. The summed E-state index contributed by atoms with van der Waals surface area (Å²) in [6, 6.07) is 7.21. The van der Waals surface area contributed by atoms with Gasteiger partial charge in [-0.15, -0.1) is 0 Å². The highest BCUT2D eigenvalue weighted by Crippen LogP contribution is 2.40. The number of nitrogens with one attached hydrogen (secondary N) is 1. The van der Waals surface area contributed by atoms with Gasteiger partial charge in [0, 0.05) is 22.2 Å². The van der Waals surface area contributed by atoms with E-state index in [1.165, 1.54) is 11.1 Å². The maximum absolute atomic E-state index is 12.7. The zero-order valence-electron chi connectivity index (χ0n) is 14.4. The van der Waals surface area contributed by atoms with Gasteiger partial charge in [-0.25, -0.2) is 0 Å². The number of fused-ring (bicyclic) bond motifs is 1. The summed E-state index contributed by atoms with van der Waals surface area (Å²) in [4.78, 5) is 1.02. The molecule has 0 radical (unpaired) electrons. The minimum absolute atomic E-state index is 0.116. The second-order valence-corrected chi connectivity index (χ2v) is 9.44. The van der Waals surface area contributed by atoms with Crippen LogP contribution in [0.5, 0.6) is 0 Å². The molecule has 3 heteroatoms. The summed E-state index contributed by atoms with van der Waals surface area (Å²) in [6.45, 7) is 15.4. The van der Waals surface area contributed by atoms with Crippen LogP contribution in [-0.4, -0.2) is 15.5 Å². The second-order valence-electron chi connectivity index (χ2n) is 7.66. The van der Waals surface area contributed by atoms with Crippen LogP contribution in [0.15, 0.2) is 23.1 Å². The summed E-state index contributed by atoms with van der Waals surface area (Å²) >= 11 is 0. The van der Waals surface area contributed by atoms with E-state index in [0.717, 1.165) is 4.90 Å². The highest BCUT2D eigenvalue weighted by molar-refractivity contribution is 7.85. The molecule has 0 aliphatic carbocycles. The van der Waals surface area contributed by atoms with Crippen molar-refractivity contribution in [2.75, 3.05) is 0 Å². The van der Waals surface area contributed by atoms with E-state index in [4.69, 9.17) is 0 Å². The molecule has 1 N–H and O–H groups in total. The van der Waals surface area contributed by atoms with Crippen LogP contribution in [0.25, 0.3) is 0 Å². The minimum Gasteiger partial charge on any atom is -0.307 e. The molecule has 2 nitrogen and oxygen atoms in total. The molecule has 0 bridgehead atoms. The molecule has 118 valence electrons. The van der Waals surface area contributed by atoms with Gasteiger partial charge in [0.15, 0.2) is 0 Å². The normalized spacial score (nSPS) is 29.5. The van der Waals surface area contributed by atoms with Crippen LogP contribution in [0.1, 0.15) is 65.6 Å². The number of hydrogen-bond donors (Lipinski definition) is 1. The van der Waals surface area contributed by atoms with Gasteiger partial charge >= 0.3 is 0 Å². The highest BCUT2D eigenvalue weighted by Gasteiger charge is 2.37. The zero-order chi connectivity index (χ0) is 15.9. The Morgan fingerprint density at radius 2 is 1.81 bits per heavy atom. The first-order valence-corrected chi connectivity index (χ1v) is 9.15. The van der Waals surface area contributed by atoms with Crippen molar-refractivity contribution in [2.45, 2.75) is 76.1 Å². The lowest BCUT2D eigenvalue weighted by Crippen LogP contribution is -2.41. The van der Waals surface area contributed by atoms with Crippen LogP contribution in [0.4, 0.5) is 0 Å². The van der Waals surface area contributed by atoms with Gasteiger partial charge in [-0.2, -0.15) is 0 Å². The van der Waals surface area contributed by atoms with Crippen molar-refractivity contribution in [1.82, 2.24) is 5.32 Å². The molecule has 1 aliphatic heterocycles. The van der Waals surface area contributed by atoms with Gasteiger partial charge in [-0.05, 0) is 28.5 Å². The zero-order valence-corrected chi connectivity index (χ0v) is 15.2. The van der Waals surface area contributed by atoms with Crippen molar-refractivity contribution in [3.8, 4) is 0 Å². The largest absolute Gasteiger partial charge is 0.307 e. The van der Waals surface area contributed by atoms with E-state index >= 15 is 0 Å². The third-order valence-electron chi connectivity index (χ3n) is 4.54. The fourth-order valence-electron chi connectivity index (χ4n) is 2.99. The molecule has 21 heavy (non-hydrogen) atoms. The second kappa shape index (κ2) is 5.85. The Hall–Kier alpha value is -0.670. The van der Waals surface area contributed by atoms with Crippen molar-refractivity contribution >= 4 is 10.8 Å². The van der Waals surface area contributed by atoms with E-state index in [-0.39, 0.29) is 16.7 Å². The predicted octanol–water partition coefficient (Wildman–Crippen LogP) is 4.17. The van der Waals surface area contributed by atoms with Crippen molar-refractivity contribution < 1.29 is 4.21 Å². The fraction of sp³-hybridized carbons (Fsp3) is 0.667. The van der Waals surface area contributed by atoms with Crippen LogP contribution < -0.4 is 5.32 Å². The van der Waals surface area contributed by atoms with E-state index in [2.05, 4.69) is 72.0 Å². The fourth-order valence-corrected chi connectivity index (χ4v) is 4.56. The topological polar surface area (TPSA) is 29.1 Å². The van der Waals surface area contributed by atoms with Gasteiger partial charge in [0.25, 0.3) is 0 Å². The Labute approximate surface area is 132 Å². The van der Waals surface area contributed by atoms with Gasteiger partial charge in [0.05, 0.1) is 10.8 Å². The lowest BCUT2D eigenvalue weighted by atomic mass is 9.83. The minimum atomic E-state index is -0.901. The van der Waals surface area contributed by atoms with E-state index in [0.29, 0.717) is 12.0 Å². The summed E-state index contributed by atoms with van der Waals surface area (Å²) in [7, 11) is -0.901. The summed E-state index contributed by atoms with van der Waals surface area (Å²) in [5.74, 6) is 0.371. The maximum atomic E-state index is 12.7. The third-order valence-corrected chi connectivity index (χ3v) is 6.45. The van der Waals surface area contributed by atoms with E-state index in [1.807, 2.05) is 0 Å². The van der Waals surface area contributed by atoms with Crippen LogP contribution in [0.2, 0.25) is 0 Å². The van der Waals surface area contributed by atoms with Gasteiger partial charge in [0.2, 0.25) is 0 Å². The SMILES string of the molecule is CC(C)NC1c2cc(C(C)(C)C)ccc2S(=O)C(C)C1C. The average Bonchev–Trinajstić information content (AvgIpc) is 2.39. The molecule has 1 aliphatic rings. The smallest absolute Gasteiger partial charge is 0.0564 e. The molecule has 1 aromatic carbocycles. The first-order valence-electron chi connectivity index (χ1n) is 7.94. The summed E-state index contributed by atoms with van der Waals surface area (Å²) in [5.41, 5.74) is 2.67. The molecule has 0 fully saturated rings. The Morgan fingerprint density at radius 3 is 2.33 bits per heavy atom. The first kappa shape index (κ1) is 16.7. The number of rotatable bonds is 2. The Balaban J connectivity index is 2.56. The van der Waals surface area contributed by atoms with Crippen molar-refractivity contribution in [3.63, 3.8) is 0 Å². The van der Waals surface area contributed by atoms with Crippen LogP contribution >= 0.6 is 0 Å². The quantitative estimate of drug-likeness (QED) is 0.888. The maximum Gasteiger partial charge on any atom is 0.0564 e. The van der Waals surface area contributed by atoms with Gasteiger partial charge in [-0.3, -0.25) is 4.21 Å². The molecular weight excluding hydrogens is 278 g/mol. The third kappa shape index (κ3) is 3.24. The van der Waals surface area contributed by atoms with E-state index in [1.54, 1.807) is 0 Å². The molecular formula is C18H29NOS. The monoisotopic (exact) mass is 307 g/mol. The van der Waals surface area contributed by atoms with Crippen molar-refractivity contribution in [1.29, 1.82) is 0 Å². The standard InChI is InChI=1S/C18H29NOS/c1-11(2)19-17-12(3)13(4)21(20)16-9-8-14(10-15(16)17)18(5,6)7/h8-13,17,19H,1-7H3. The molecule has 1 aromatic rings. The molecule has 0 saturated heterocycles. The molecule has 0 amide bonds. The Bertz CT molecular complexity index is 545. The predicted molar refractivity (Wildman–Crippen MR) is 91.2 cm³/mol.